The van der Waals surface area contributed by atoms with E-state index in [-0.39, 0.29) is 52.5 Å². The number of hydrogen-bond donors (Lipinski definition) is 1. The summed E-state index contributed by atoms with van der Waals surface area (Å²) in [5, 5.41) is 2.99. The van der Waals surface area contributed by atoms with Crippen LogP contribution < -0.4 is 5.32 Å². The smallest absolute Gasteiger partial charge is 0.417 e. The van der Waals surface area contributed by atoms with Crippen LogP contribution in [0.4, 0.5) is 20.7 Å². The number of aldehydes is 1. The fourth-order valence-corrected chi connectivity index (χ4v) is 4.55. The van der Waals surface area contributed by atoms with Crippen LogP contribution in [0.1, 0.15) is 66.4 Å². The zero-order chi connectivity index (χ0) is 29.9. The zero-order valence-electron chi connectivity index (χ0n) is 22.9. The van der Waals surface area contributed by atoms with Crippen molar-refractivity contribution in [1.82, 2.24) is 14.9 Å². The molecule has 1 atom stereocenters. The molecule has 0 spiro atoms. The second-order valence-electron chi connectivity index (χ2n) is 10.1. The van der Waals surface area contributed by atoms with Gasteiger partial charge in [0.2, 0.25) is 5.91 Å². The second-order valence-corrected chi connectivity index (χ2v) is 10.6. The van der Waals surface area contributed by atoms with E-state index >= 15 is 0 Å². The molecule has 0 saturated carbocycles. The van der Waals surface area contributed by atoms with Crippen LogP contribution in [0.25, 0.3) is 11.4 Å². The number of likely N-dealkylation sites (tertiary alicyclic amines) is 1. The van der Waals surface area contributed by atoms with E-state index in [4.69, 9.17) is 21.1 Å². The van der Waals surface area contributed by atoms with Gasteiger partial charge in [-0.1, -0.05) is 29.8 Å². The van der Waals surface area contributed by atoms with Gasteiger partial charge in [-0.2, -0.15) is 0 Å². The van der Waals surface area contributed by atoms with Crippen LogP contribution in [0.15, 0.2) is 42.5 Å². The number of nitrogens with one attached hydrogen (secondary N) is 1. The van der Waals surface area contributed by atoms with Crippen LogP contribution in [-0.4, -0.2) is 57.9 Å². The Hall–Kier alpha value is -4.38. The number of halogens is 2. The molecule has 3 aromatic rings. The van der Waals surface area contributed by atoms with Gasteiger partial charge in [-0.25, -0.2) is 28.8 Å². The number of rotatable bonds is 7. The largest absolute Gasteiger partial charge is 0.462 e. The van der Waals surface area contributed by atoms with E-state index in [2.05, 4.69) is 15.3 Å². The third kappa shape index (κ3) is 6.51. The van der Waals surface area contributed by atoms with Crippen molar-refractivity contribution in [3.63, 3.8) is 0 Å². The third-order valence-electron chi connectivity index (χ3n) is 6.11. The molecule has 2 aromatic carbocycles. The molecule has 1 unspecified atom stereocenters. The molecule has 1 fully saturated rings. The molecule has 2 heterocycles. The molecule has 0 aliphatic carbocycles. The molecule has 12 heteroatoms. The van der Waals surface area contributed by atoms with Crippen molar-refractivity contribution < 1.29 is 33.0 Å². The molecule has 1 aromatic heterocycles. The van der Waals surface area contributed by atoms with E-state index < -0.39 is 29.4 Å². The summed E-state index contributed by atoms with van der Waals surface area (Å²) < 4.78 is 25.1. The average Bonchev–Trinajstić information content (AvgIpc) is 3.29. The maximum atomic E-state index is 14.7. The number of aromatic nitrogens is 2. The molecule has 0 bridgehead atoms. The third-order valence-corrected chi connectivity index (χ3v) is 6.42. The standard InChI is InChI=1S/C29H28ClFN4O6/c1-5-40-27(38)23-21(15-36)33-24(22-19(30)7-6-8-20(22)31)34-25(23)32-17-11-9-16(10-12-17)18-13-14-35(26(18)37)28(39)41-29(2,3)4/h6-12,15,18H,5,13-14H2,1-4H3,(H,32,33,34). The predicted octanol–water partition coefficient (Wildman–Crippen LogP) is 5.92. The van der Waals surface area contributed by atoms with Gasteiger partial charge in [0, 0.05) is 12.2 Å². The van der Waals surface area contributed by atoms with Crippen molar-refractivity contribution in [2.24, 2.45) is 0 Å². The van der Waals surface area contributed by atoms with Gasteiger partial charge < -0.3 is 14.8 Å². The van der Waals surface area contributed by atoms with Gasteiger partial charge in [-0.05, 0) is 63.9 Å². The Labute approximate surface area is 240 Å². The lowest BCUT2D eigenvalue weighted by atomic mass is 9.97. The fraction of sp³-hybridized carbons (Fsp3) is 0.310. The van der Waals surface area contributed by atoms with Crippen LogP contribution in [-0.2, 0) is 14.3 Å². The Morgan fingerprint density at radius 2 is 1.88 bits per heavy atom. The van der Waals surface area contributed by atoms with E-state index in [1.165, 1.54) is 18.2 Å². The fourth-order valence-electron chi connectivity index (χ4n) is 4.30. The molecule has 10 nitrogen and oxygen atoms in total. The van der Waals surface area contributed by atoms with Crippen LogP contribution in [0.5, 0.6) is 0 Å². The first-order chi connectivity index (χ1) is 19.4. The monoisotopic (exact) mass is 582 g/mol. The molecule has 1 aliphatic heterocycles. The van der Waals surface area contributed by atoms with Gasteiger partial charge >= 0.3 is 12.1 Å². The summed E-state index contributed by atoms with van der Waals surface area (Å²) in [5.74, 6) is -2.77. The van der Waals surface area contributed by atoms with E-state index in [0.717, 1.165) is 4.90 Å². The summed E-state index contributed by atoms with van der Waals surface area (Å²) in [4.78, 5) is 59.6. The number of anilines is 2. The minimum atomic E-state index is -0.848. The van der Waals surface area contributed by atoms with Gasteiger partial charge in [0.15, 0.2) is 12.1 Å². The minimum absolute atomic E-state index is 0.0164. The van der Waals surface area contributed by atoms with E-state index in [9.17, 15) is 23.6 Å². The van der Waals surface area contributed by atoms with Crippen LogP contribution in [0.3, 0.4) is 0 Å². The van der Waals surface area contributed by atoms with Crippen molar-refractivity contribution in [3.05, 3.63) is 70.1 Å². The van der Waals surface area contributed by atoms with Crippen molar-refractivity contribution in [2.75, 3.05) is 18.5 Å². The van der Waals surface area contributed by atoms with Crippen LogP contribution >= 0.6 is 11.6 Å². The molecule has 1 N–H and O–H groups in total. The zero-order valence-corrected chi connectivity index (χ0v) is 23.6. The number of carbonyl (C=O) groups is 4. The Bertz CT molecular complexity index is 1490. The number of esters is 1. The average molecular weight is 583 g/mol. The Morgan fingerprint density at radius 3 is 2.49 bits per heavy atom. The van der Waals surface area contributed by atoms with E-state index in [0.29, 0.717) is 24.0 Å². The lowest BCUT2D eigenvalue weighted by Crippen LogP contribution is -2.38. The minimum Gasteiger partial charge on any atom is -0.462 e. The summed E-state index contributed by atoms with van der Waals surface area (Å²) in [5.41, 5.74) is -0.303. The summed E-state index contributed by atoms with van der Waals surface area (Å²) in [6.07, 6.45) is 0.0947. The van der Waals surface area contributed by atoms with E-state index in [1.807, 2.05) is 0 Å². The van der Waals surface area contributed by atoms with E-state index in [1.54, 1.807) is 52.0 Å². The number of imide groups is 1. The number of nitrogens with zero attached hydrogens (tertiary/aromatic N) is 3. The Balaban J connectivity index is 1.65. The quantitative estimate of drug-likeness (QED) is 0.266. The van der Waals surface area contributed by atoms with Gasteiger partial charge in [-0.15, -0.1) is 0 Å². The maximum Gasteiger partial charge on any atom is 0.417 e. The summed E-state index contributed by atoms with van der Waals surface area (Å²) in [6.45, 7) is 7.05. The number of hydrogen-bond acceptors (Lipinski definition) is 9. The highest BCUT2D eigenvalue weighted by molar-refractivity contribution is 6.33. The SMILES string of the molecule is CCOC(=O)c1c(C=O)nc(-c2c(F)cccc2Cl)nc1Nc1ccc(C2CCN(C(=O)OC(C)(C)C)C2=O)cc1. The molecule has 1 aliphatic rings. The number of amides is 2. The summed E-state index contributed by atoms with van der Waals surface area (Å²) >= 11 is 6.20. The maximum absolute atomic E-state index is 14.7. The van der Waals surface area contributed by atoms with Gasteiger partial charge in [0.05, 0.1) is 23.1 Å². The number of ether oxygens (including phenoxy) is 2. The first-order valence-electron chi connectivity index (χ1n) is 12.8. The van der Waals surface area contributed by atoms with Crippen molar-refractivity contribution in [2.45, 2.75) is 45.6 Å². The first-order valence-corrected chi connectivity index (χ1v) is 13.2. The molecule has 214 valence electrons. The molecule has 2 amide bonds. The summed E-state index contributed by atoms with van der Waals surface area (Å²) in [6, 6.07) is 10.7. The number of carbonyl (C=O) groups excluding carboxylic acids is 4. The topological polar surface area (TPSA) is 128 Å². The van der Waals surface area contributed by atoms with Crippen molar-refractivity contribution in [1.29, 1.82) is 0 Å². The van der Waals surface area contributed by atoms with Crippen LogP contribution in [0.2, 0.25) is 5.02 Å². The highest BCUT2D eigenvalue weighted by Gasteiger charge is 2.38. The molecule has 1 saturated heterocycles. The molecule has 4 rings (SSSR count). The van der Waals surface area contributed by atoms with Gasteiger partial charge in [0.25, 0.3) is 0 Å². The highest BCUT2D eigenvalue weighted by Crippen LogP contribution is 2.33. The molecular weight excluding hydrogens is 555 g/mol. The lowest BCUT2D eigenvalue weighted by Gasteiger charge is -2.23. The van der Waals surface area contributed by atoms with Crippen molar-refractivity contribution >= 4 is 47.4 Å². The molecule has 0 radical (unpaired) electrons. The molecule has 41 heavy (non-hydrogen) atoms. The van der Waals surface area contributed by atoms with Gasteiger partial charge in [0.1, 0.15) is 28.5 Å². The van der Waals surface area contributed by atoms with Gasteiger partial charge in [-0.3, -0.25) is 9.59 Å². The Morgan fingerprint density at radius 1 is 1.17 bits per heavy atom. The number of benzene rings is 2. The first kappa shape index (κ1) is 29.6. The van der Waals surface area contributed by atoms with Crippen LogP contribution in [0, 0.1) is 5.82 Å². The second kappa shape index (κ2) is 12.0. The van der Waals surface area contributed by atoms with Crippen molar-refractivity contribution in [3.8, 4) is 11.4 Å². The predicted molar refractivity (Wildman–Crippen MR) is 149 cm³/mol. The molecular formula is C29H28ClFN4O6. The summed E-state index contributed by atoms with van der Waals surface area (Å²) in [7, 11) is 0. The Kier molecular flexibility index (Phi) is 8.67. The lowest BCUT2D eigenvalue weighted by molar-refractivity contribution is -0.128. The highest BCUT2D eigenvalue weighted by atomic mass is 35.5. The normalized spacial score (nSPS) is 15.0.